The summed E-state index contributed by atoms with van der Waals surface area (Å²) in [6.45, 7) is 0.916. The van der Waals surface area contributed by atoms with Gasteiger partial charge in [-0.15, -0.1) is 0 Å². The highest BCUT2D eigenvalue weighted by atomic mass is 16.5. The molecule has 1 saturated heterocycles. The molecule has 1 fully saturated rings. The lowest BCUT2D eigenvalue weighted by molar-refractivity contribution is -0.124. The van der Waals surface area contributed by atoms with Crippen molar-refractivity contribution in [1.82, 2.24) is 10.3 Å². The fourth-order valence-electron chi connectivity index (χ4n) is 2.48. The molecule has 0 spiro atoms. The second-order valence-electron chi connectivity index (χ2n) is 5.29. The van der Waals surface area contributed by atoms with Crippen LogP contribution in [0.25, 0.3) is 10.9 Å². The van der Waals surface area contributed by atoms with Crippen LogP contribution in [0.5, 0.6) is 0 Å². The number of nitrogens with one attached hydrogen (secondary N) is 2. The molecule has 0 unspecified atom stereocenters. The van der Waals surface area contributed by atoms with Gasteiger partial charge in [-0.05, 0) is 25.0 Å². The quantitative estimate of drug-likeness (QED) is 0.823. The summed E-state index contributed by atoms with van der Waals surface area (Å²) in [6.07, 6.45) is 2.05. The van der Waals surface area contributed by atoms with Crippen LogP contribution in [0.3, 0.4) is 0 Å². The predicted octanol–water partition coefficient (Wildman–Crippen LogP) is 1.62. The van der Waals surface area contributed by atoms with Gasteiger partial charge in [-0.1, -0.05) is 18.2 Å². The lowest BCUT2D eigenvalue weighted by atomic mass is 10.2. The fourth-order valence-corrected chi connectivity index (χ4v) is 2.48. The molecule has 1 aromatic carbocycles. The van der Waals surface area contributed by atoms with Crippen molar-refractivity contribution in [2.24, 2.45) is 0 Å². The van der Waals surface area contributed by atoms with E-state index in [0.717, 1.165) is 30.4 Å². The van der Waals surface area contributed by atoms with Gasteiger partial charge < -0.3 is 19.8 Å². The number of esters is 1. The number of ether oxygens (including phenoxy) is 2. The Morgan fingerprint density at radius 2 is 2.23 bits per heavy atom. The molecule has 0 bridgehead atoms. The summed E-state index contributed by atoms with van der Waals surface area (Å²) in [5.74, 6) is -0.858. The van der Waals surface area contributed by atoms with Crippen molar-refractivity contribution < 1.29 is 19.1 Å². The summed E-state index contributed by atoms with van der Waals surface area (Å²) in [7, 11) is 0. The Hall–Kier alpha value is -2.34. The molecule has 1 aromatic heterocycles. The highest BCUT2D eigenvalue weighted by Gasteiger charge is 2.17. The summed E-state index contributed by atoms with van der Waals surface area (Å²) >= 11 is 0. The molecule has 0 saturated carbocycles. The molecule has 1 atom stereocenters. The van der Waals surface area contributed by atoms with Crippen molar-refractivity contribution >= 4 is 22.8 Å². The summed E-state index contributed by atoms with van der Waals surface area (Å²) in [6, 6.07) is 9.26. The van der Waals surface area contributed by atoms with Gasteiger partial charge in [0, 0.05) is 24.1 Å². The van der Waals surface area contributed by atoms with Crippen molar-refractivity contribution in [3.8, 4) is 0 Å². The monoisotopic (exact) mass is 302 g/mol. The van der Waals surface area contributed by atoms with Crippen LogP contribution >= 0.6 is 0 Å². The minimum Gasteiger partial charge on any atom is -0.451 e. The summed E-state index contributed by atoms with van der Waals surface area (Å²) in [5.41, 5.74) is 1.20. The van der Waals surface area contributed by atoms with Crippen molar-refractivity contribution in [1.29, 1.82) is 0 Å². The zero-order valence-corrected chi connectivity index (χ0v) is 12.1. The first-order valence-electron chi connectivity index (χ1n) is 7.35. The largest absolute Gasteiger partial charge is 0.451 e. The normalized spacial score (nSPS) is 17.5. The van der Waals surface area contributed by atoms with E-state index in [4.69, 9.17) is 9.47 Å². The number of aromatic amines is 1. The van der Waals surface area contributed by atoms with Crippen LogP contribution in [0.2, 0.25) is 0 Å². The molecule has 2 heterocycles. The van der Waals surface area contributed by atoms with Crippen molar-refractivity contribution in [3.05, 3.63) is 36.0 Å². The second kappa shape index (κ2) is 6.62. The molecule has 0 aliphatic carbocycles. The van der Waals surface area contributed by atoms with E-state index in [1.807, 2.05) is 24.3 Å². The van der Waals surface area contributed by atoms with Crippen molar-refractivity contribution in [3.63, 3.8) is 0 Å². The van der Waals surface area contributed by atoms with Crippen LogP contribution in [-0.4, -0.2) is 42.7 Å². The first kappa shape index (κ1) is 14.6. The maximum Gasteiger partial charge on any atom is 0.355 e. The van der Waals surface area contributed by atoms with Gasteiger partial charge in [0.15, 0.2) is 6.61 Å². The van der Waals surface area contributed by atoms with E-state index in [2.05, 4.69) is 10.3 Å². The number of amides is 1. The van der Waals surface area contributed by atoms with Gasteiger partial charge in [-0.25, -0.2) is 4.79 Å². The van der Waals surface area contributed by atoms with Gasteiger partial charge in [-0.2, -0.15) is 0 Å². The molecule has 6 heteroatoms. The molecule has 1 aliphatic heterocycles. The Morgan fingerprint density at radius 1 is 1.36 bits per heavy atom. The Kier molecular flexibility index (Phi) is 4.39. The fraction of sp³-hybridized carbons (Fsp3) is 0.375. The molecule has 3 rings (SSSR count). The molecule has 6 nitrogen and oxygen atoms in total. The van der Waals surface area contributed by atoms with Gasteiger partial charge in [-0.3, -0.25) is 4.79 Å². The Bertz CT molecular complexity index is 641. The average molecular weight is 302 g/mol. The number of fused-ring (bicyclic) bond motifs is 1. The molecule has 2 N–H and O–H groups in total. The molecule has 1 aliphatic rings. The van der Waals surface area contributed by atoms with Crippen molar-refractivity contribution in [2.45, 2.75) is 18.9 Å². The molecule has 1 amide bonds. The number of benzene rings is 1. The maximum atomic E-state index is 11.9. The zero-order valence-electron chi connectivity index (χ0n) is 12.1. The SMILES string of the molecule is O=C(COC(=O)c1cc2ccccc2[nH]1)NC[C@H]1CCCO1. The number of carbonyl (C=O) groups is 2. The number of hydrogen-bond acceptors (Lipinski definition) is 4. The van der Waals surface area contributed by atoms with E-state index in [9.17, 15) is 9.59 Å². The molecule has 22 heavy (non-hydrogen) atoms. The summed E-state index contributed by atoms with van der Waals surface area (Å²) in [5, 5.41) is 3.63. The van der Waals surface area contributed by atoms with E-state index in [0.29, 0.717) is 12.2 Å². The first-order valence-corrected chi connectivity index (χ1v) is 7.35. The molecule has 116 valence electrons. The number of rotatable bonds is 5. The Labute approximate surface area is 127 Å². The lowest BCUT2D eigenvalue weighted by Crippen LogP contribution is -2.34. The topological polar surface area (TPSA) is 80.4 Å². The summed E-state index contributed by atoms with van der Waals surface area (Å²) < 4.78 is 10.4. The Morgan fingerprint density at radius 3 is 3.00 bits per heavy atom. The average Bonchev–Trinajstić information content (AvgIpc) is 3.19. The van der Waals surface area contributed by atoms with E-state index in [1.54, 1.807) is 6.07 Å². The number of aromatic nitrogens is 1. The highest BCUT2D eigenvalue weighted by molar-refractivity contribution is 5.95. The van der Waals surface area contributed by atoms with Crippen LogP contribution in [0.1, 0.15) is 23.3 Å². The van der Waals surface area contributed by atoms with Crippen LogP contribution in [0, 0.1) is 0 Å². The Balaban J connectivity index is 1.47. The van der Waals surface area contributed by atoms with Crippen LogP contribution in [0.15, 0.2) is 30.3 Å². The summed E-state index contributed by atoms with van der Waals surface area (Å²) in [4.78, 5) is 26.5. The third kappa shape index (κ3) is 3.46. The van der Waals surface area contributed by atoms with Gasteiger partial charge in [0.05, 0.1) is 6.10 Å². The number of H-pyrrole nitrogens is 1. The van der Waals surface area contributed by atoms with Gasteiger partial charge in [0.1, 0.15) is 5.69 Å². The number of carbonyl (C=O) groups excluding carboxylic acids is 2. The van der Waals surface area contributed by atoms with Gasteiger partial charge in [0.2, 0.25) is 0 Å². The molecule has 2 aromatic rings. The number of para-hydroxylation sites is 1. The standard InChI is InChI=1S/C16H18N2O4/c19-15(17-9-12-5-3-7-21-12)10-22-16(20)14-8-11-4-1-2-6-13(11)18-14/h1-2,4,6,8,12,18H,3,5,7,9-10H2,(H,17,19)/t12-/m1/s1. The third-order valence-corrected chi connectivity index (χ3v) is 3.64. The smallest absolute Gasteiger partial charge is 0.355 e. The minimum atomic E-state index is -0.538. The van der Waals surface area contributed by atoms with Gasteiger partial charge >= 0.3 is 5.97 Å². The van der Waals surface area contributed by atoms with Crippen LogP contribution in [-0.2, 0) is 14.3 Å². The molecular weight excluding hydrogens is 284 g/mol. The third-order valence-electron chi connectivity index (χ3n) is 3.64. The first-order chi connectivity index (χ1) is 10.7. The lowest BCUT2D eigenvalue weighted by Gasteiger charge is -2.10. The van der Waals surface area contributed by atoms with Crippen LogP contribution < -0.4 is 5.32 Å². The second-order valence-corrected chi connectivity index (χ2v) is 5.29. The van der Waals surface area contributed by atoms with Crippen molar-refractivity contribution in [2.75, 3.05) is 19.8 Å². The van der Waals surface area contributed by atoms with E-state index in [1.165, 1.54) is 0 Å². The molecular formula is C16H18N2O4. The van der Waals surface area contributed by atoms with Gasteiger partial charge in [0.25, 0.3) is 5.91 Å². The van der Waals surface area contributed by atoms with E-state index >= 15 is 0 Å². The van der Waals surface area contributed by atoms with Crippen LogP contribution in [0.4, 0.5) is 0 Å². The molecule has 0 radical (unpaired) electrons. The zero-order chi connectivity index (χ0) is 15.4. The highest BCUT2D eigenvalue weighted by Crippen LogP contribution is 2.15. The number of hydrogen-bond donors (Lipinski definition) is 2. The van der Waals surface area contributed by atoms with E-state index < -0.39 is 5.97 Å². The predicted molar refractivity (Wildman–Crippen MR) is 80.6 cm³/mol. The van der Waals surface area contributed by atoms with E-state index in [-0.39, 0.29) is 18.6 Å². The maximum absolute atomic E-state index is 11.9. The minimum absolute atomic E-state index is 0.0772.